The average molecular weight is 471 g/mol. The summed E-state index contributed by atoms with van der Waals surface area (Å²) in [5.74, 6) is 0.576. The second kappa shape index (κ2) is 7.22. The van der Waals surface area contributed by atoms with Gasteiger partial charge in [-0.3, -0.25) is 4.79 Å². The van der Waals surface area contributed by atoms with Crippen LogP contribution in [0.25, 0.3) is 0 Å². The summed E-state index contributed by atoms with van der Waals surface area (Å²) in [5, 5.41) is 32.4. The van der Waals surface area contributed by atoms with Gasteiger partial charge in [-0.05, 0) is 109 Å². The summed E-state index contributed by atoms with van der Waals surface area (Å²) in [5.41, 5.74) is 2.68. The number of carbonyl (C=O) groups is 1. The van der Waals surface area contributed by atoms with E-state index >= 15 is 0 Å². The van der Waals surface area contributed by atoms with Crippen molar-refractivity contribution in [1.82, 2.24) is 0 Å². The van der Waals surface area contributed by atoms with E-state index in [1.54, 1.807) is 0 Å². The lowest BCUT2D eigenvalue weighted by Crippen LogP contribution is -2.66. The van der Waals surface area contributed by atoms with E-state index in [-0.39, 0.29) is 21.7 Å². The third kappa shape index (κ3) is 2.71. The minimum atomic E-state index is -0.723. The van der Waals surface area contributed by atoms with E-state index in [4.69, 9.17) is 0 Å². The number of hydrogen-bond donors (Lipinski definition) is 3. The molecule has 34 heavy (non-hydrogen) atoms. The van der Waals surface area contributed by atoms with E-state index < -0.39 is 23.6 Å². The summed E-state index contributed by atoms with van der Waals surface area (Å²) in [6.45, 7) is 16.0. The molecule has 5 aliphatic carbocycles. The molecule has 4 nitrogen and oxygen atoms in total. The Morgan fingerprint density at radius 3 is 2.29 bits per heavy atom. The number of fused-ring (bicyclic) bond motifs is 7. The van der Waals surface area contributed by atoms with E-state index in [2.05, 4.69) is 54.5 Å². The van der Waals surface area contributed by atoms with Crippen LogP contribution in [0.15, 0.2) is 22.8 Å². The first kappa shape index (κ1) is 24.6. The highest BCUT2D eigenvalue weighted by Crippen LogP contribution is 2.75. The Morgan fingerprint density at radius 1 is 0.971 bits per heavy atom. The quantitative estimate of drug-likeness (QED) is 0.431. The third-order valence-electron chi connectivity index (χ3n) is 12.7. The van der Waals surface area contributed by atoms with E-state index in [0.29, 0.717) is 24.2 Å². The Bertz CT molecular complexity index is 976. The van der Waals surface area contributed by atoms with Crippen LogP contribution in [0.3, 0.4) is 0 Å². The summed E-state index contributed by atoms with van der Waals surface area (Å²) in [7, 11) is 0. The van der Waals surface area contributed by atoms with Crippen LogP contribution in [-0.4, -0.2) is 33.5 Å². The standard InChI is InChI=1S/C30H46O4/c1-17-10-13-30(25(33)34)15-14-28(6)19(23(30)18(17)2)8-9-22-27(5)16-20(31)24(32)26(3,4)21(27)11-12-29(22,28)7/h8,17,20-22,24,31-32H,9-16H2,1-7H3,(H,33,34). The first-order chi connectivity index (χ1) is 15.7. The molecule has 0 bridgehead atoms. The fourth-order valence-electron chi connectivity index (χ4n) is 10.4. The molecule has 0 heterocycles. The Morgan fingerprint density at radius 2 is 1.65 bits per heavy atom. The van der Waals surface area contributed by atoms with Gasteiger partial charge in [-0.2, -0.15) is 0 Å². The fraction of sp³-hybridized carbons (Fsp3) is 0.833. The van der Waals surface area contributed by atoms with Crippen molar-refractivity contribution < 1.29 is 20.1 Å². The van der Waals surface area contributed by atoms with E-state index in [0.717, 1.165) is 44.9 Å². The molecular weight excluding hydrogens is 424 g/mol. The summed E-state index contributed by atoms with van der Waals surface area (Å²) < 4.78 is 0. The van der Waals surface area contributed by atoms with Crippen LogP contribution < -0.4 is 0 Å². The zero-order chi connectivity index (χ0) is 25.1. The van der Waals surface area contributed by atoms with Gasteiger partial charge in [0, 0.05) is 0 Å². The SMILES string of the molecule is CC1=C2C3=CCC4C5(C)CC(O)C(O)C(C)(C)C5CCC4(C)C3(C)CCC2(C(=O)O)CCC1C. The highest BCUT2D eigenvalue weighted by atomic mass is 16.4. The zero-order valence-corrected chi connectivity index (χ0v) is 22.4. The number of aliphatic carboxylic acids is 1. The van der Waals surface area contributed by atoms with Gasteiger partial charge < -0.3 is 15.3 Å². The molecule has 5 aliphatic rings. The molecule has 3 N–H and O–H groups in total. The number of aliphatic hydroxyl groups is 2. The summed E-state index contributed by atoms with van der Waals surface area (Å²) in [6, 6.07) is 0. The van der Waals surface area contributed by atoms with Crippen molar-refractivity contribution in [3.8, 4) is 0 Å². The highest BCUT2D eigenvalue weighted by molar-refractivity contribution is 5.82. The molecule has 0 aliphatic heterocycles. The average Bonchev–Trinajstić information content (AvgIpc) is 2.75. The van der Waals surface area contributed by atoms with Crippen LogP contribution >= 0.6 is 0 Å². The molecule has 0 radical (unpaired) electrons. The number of carboxylic acid groups (broad SMARTS) is 1. The molecule has 3 saturated carbocycles. The second-order valence-electron chi connectivity index (χ2n) is 14.2. The lowest BCUT2D eigenvalue weighted by molar-refractivity contribution is -0.227. The Hall–Kier alpha value is -1.13. The van der Waals surface area contributed by atoms with Crippen LogP contribution in [0.4, 0.5) is 0 Å². The van der Waals surface area contributed by atoms with Crippen LogP contribution in [0, 0.1) is 44.8 Å². The van der Waals surface area contributed by atoms with Crippen LogP contribution in [0.2, 0.25) is 0 Å². The molecule has 3 fully saturated rings. The zero-order valence-electron chi connectivity index (χ0n) is 22.4. The van der Waals surface area contributed by atoms with Crippen molar-refractivity contribution in [2.24, 2.45) is 44.8 Å². The smallest absolute Gasteiger partial charge is 0.314 e. The Balaban J connectivity index is 1.66. The van der Waals surface area contributed by atoms with Gasteiger partial charge in [0.25, 0.3) is 0 Å². The maximum atomic E-state index is 12.8. The van der Waals surface area contributed by atoms with E-state index in [9.17, 15) is 20.1 Å². The van der Waals surface area contributed by atoms with Gasteiger partial charge in [0.15, 0.2) is 0 Å². The van der Waals surface area contributed by atoms with Gasteiger partial charge in [-0.15, -0.1) is 0 Å². The van der Waals surface area contributed by atoms with Crippen molar-refractivity contribution in [1.29, 1.82) is 0 Å². The lowest BCUT2D eigenvalue weighted by atomic mass is 9.34. The monoisotopic (exact) mass is 470 g/mol. The number of hydrogen-bond acceptors (Lipinski definition) is 3. The molecule has 9 unspecified atom stereocenters. The molecule has 0 amide bonds. The van der Waals surface area contributed by atoms with Crippen LogP contribution in [-0.2, 0) is 4.79 Å². The molecule has 5 rings (SSSR count). The van der Waals surface area contributed by atoms with Gasteiger partial charge in [0.05, 0.1) is 17.6 Å². The molecule has 0 aromatic carbocycles. The van der Waals surface area contributed by atoms with Crippen molar-refractivity contribution in [3.63, 3.8) is 0 Å². The normalized spacial score (nSPS) is 52.0. The summed E-state index contributed by atoms with van der Waals surface area (Å²) >= 11 is 0. The van der Waals surface area contributed by atoms with E-state index in [1.165, 1.54) is 16.7 Å². The fourth-order valence-corrected chi connectivity index (χ4v) is 10.4. The largest absolute Gasteiger partial charge is 0.481 e. The predicted molar refractivity (Wildman–Crippen MR) is 134 cm³/mol. The first-order valence-corrected chi connectivity index (χ1v) is 13.7. The first-order valence-electron chi connectivity index (χ1n) is 13.7. The summed E-state index contributed by atoms with van der Waals surface area (Å²) in [6.07, 6.45) is 8.16. The summed E-state index contributed by atoms with van der Waals surface area (Å²) in [4.78, 5) is 12.8. The van der Waals surface area contributed by atoms with Gasteiger partial charge in [-0.1, -0.05) is 53.2 Å². The minimum Gasteiger partial charge on any atom is -0.481 e. The van der Waals surface area contributed by atoms with Crippen LogP contribution in [0.1, 0.15) is 99.8 Å². The second-order valence-corrected chi connectivity index (χ2v) is 14.2. The maximum absolute atomic E-state index is 12.8. The van der Waals surface area contributed by atoms with Gasteiger partial charge in [-0.25, -0.2) is 0 Å². The molecule has 0 saturated heterocycles. The molecule has 0 aromatic heterocycles. The van der Waals surface area contributed by atoms with Crippen molar-refractivity contribution in [3.05, 3.63) is 22.8 Å². The predicted octanol–water partition coefficient (Wildman–Crippen LogP) is 6.12. The van der Waals surface area contributed by atoms with E-state index in [1.807, 2.05) is 0 Å². The molecule has 0 aromatic rings. The van der Waals surface area contributed by atoms with Gasteiger partial charge >= 0.3 is 5.97 Å². The van der Waals surface area contributed by atoms with Gasteiger partial charge in [0.1, 0.15) is 0 Å². The minimum absolute atomic E-state index is 0.0407. The highest BCUT2D eigenvalue weighted by Gasteiger charge is 2.69. The molecule has 190 valence electrons. The van der Waals surface area contributed by atoms with Crippen molar-refractivity contribution in [2.45, 2.75) is 112 Å². The lowest BCUT2D eigenvalue weighted by Gasteiger charge is -2.70. The third-order valence-corrected chi connectivity index (χ3v) is 12.7. The Kier molecular flexibility index (Phi) is 5.21. The topological polar surface area (TPSA) is 77.8 Å². The van der Waals surface area contributed by atoms with Crippen LogP contribution in [0.5, 0.6) is 0 Å². The molecule has 4 heteroatoms. The number of rotatable bonds is 1. The van der Waals surface area contributed by atoms with Crippen molar-refractivity contribution >= 4 is 5.97 Å². The Labute approximate surface area is 205 Å². The maximum Gasteiger partial charge on any atom is 0.314 e. The molecule has 0 spiro atoms. The molecule has 9 atom stereocenters. The number of carboxylic acids is 1. The molecular formula is C30H46O4. The van der Waals surface area contributed by atoms with Gasteiger partial charge in [0.2, 0.25) is 0 Å². The number of allylic oxidation sites excluding steroid dienone is 3. The number of aliphatic hydroxyl groups excluding tert-OH is 2. The van der Waals surface area contributed by atoms with Crippen molar-refractivity contribution in [2.75, 3.05) is 0 Å².